The first-order valence-electron chi connectivity index (χ1n) is 7.13. The fraction of sp³-hybridized carbons (Fsp3) is 0.600. The van der Waals surface area contributed by atoms with E-state index in [1.165, 1.54) is 32.1 Å². The molecular weight excluding hydrogens is 254 g/mol. The molecule has 0 aromatic carbocycles. The van der Waals surface area contributed by atoms with Crippen LogP contribution >= 0.6 is 12.2 Å². The Balaban J connectivity index is 2.08. The van der Waals surface area contributed by atoms with Crippen LogP contribution in [0.15, 0.2) is 12.3 Å². The SMILES string of the molecule is CCC1CCC(Nc2nccc(C)c2C(N)=S)CC1. The van der Waals surface area contributed by atoms with Gasteiger partial charge in [-0.2, -0.15) is 0 Å². The lowest BCUT2D eigenvalue weighted by atomic mass is 9.84. The van der Waals surface area contributed by atoms with Gasteiger partial charge in [0.1, 0.15) is 10.8 Å². The molecular formula is C15H23N3S. The monoisotopic (exact) mass is 277 g/mol. The van der Waals surface area contributed by atoms with Gasteiger partial charge in [0.2, 0.25) is 0 Å². The molecule has 0 saturated heterocycles. The maximum absolute atomic E-state index is 5.82. The van der Waals surface area contributed by atoms with Crippen molar-refractivity contribution in [3.8, 4) is 0 Å². The number of hydrogen-bond donors (Lipinski definition) is 2. The van der Waals surface area contributed by atoms with Crippen LogP contribution in [0.4, 0.5) is 5.82 Å². The zero-order chi connectivity index (χ0) is 13.8. The van der Waals surface area contributed by atoms with Gasteiger partial charge in [-0.25, -0.2) is 4.98 Å². The number of nitrogens with two attached hydrogens (primary N) is 1. The summed E-state index contributed by atoms with van der Waals surface area (Å²) in [6, 6.07) is 2.46. The van der Waals surface area contributed by atoms with E-state index in [2.05, 4.69) is 17.2 Å². The molecule has 1 aliphatic rings. The predicted molar refractivity (Wildman–Crippen MR) is 84.5 cm³/mol. The molecule has 2 rings (SSSR count). The number of anilines is 1. The minimum atomic E-state index is 0.426. The molecule has 1 fully saturated rings. The first-order valence-corrected chi connectivity index (χ1v) is 7.54. The molecule has 1 aliphatic carbocycles. The summed E-state index contributed by atoms with van der Waals surface area (Å²) in [5.41, 5.74) is 7.80. The summed E-state index contributed by atoms with van der Waals surface area (Å²) in [7, 11) is 0. The molecule has 1 saturated carbocycles. The summed E-state index contributed by atoms with van der Waals surface area (Å²) in [4.78, 5) is 4.84. The van der Waals surface area contributed by atoms with E-state index in [1.807, 2.05) is 19.2 Å². The van der Waals surface area contributed by atoms with E-state index in [0.717, 1.165) is 22.9 Å². The van der Waals surface area contributed by atoms with Crippen molar-refractivity contribution < 1.29 is 0 Å². The second kappa shape index (κ2) is 6.33. The second-order valence-electron chi connectivity index (χ2n) is 5.49. The second-order valence-corrected chi connectivity index (χ2v) is 5.93. The van der Waals surface area contributed by atoms with E-state index in [9.17, 15) is 0 Å². The zero-order valence-corrected chi connectivity index (χ0v) is 12.6. The molecule has 4 heteroatoms. The molecule has 0 bridgehead atoms. The topological polar surface area (TPSA) is 50.9 Å². The molecule has 3 nitrogen and oxygen atoms in total. The number of hydrogen-bond acceptors (Lipinski definition) is 3. The quantitative estimate of drug-likeness (QED) is 0.828. The highest BCUT2D eigenvalue weighted by atomic mass is 32.1. The van der Waals surface area contributed by atoms with Crippen molar-refractivity contribution in [2.75, 3.05) is 5.32 Å². The Labute approximate surface area is 121 Å². The van der Waals surface area contributed by atoms with Crippen molar-refractivity contribution in [2.45, 2.75) is 52.0 Å². The fourth-order valence-electron chi connectivity index (χ4n) is 2.89. The summed E-state index contributed by atoms with van der Waals surface area (Å²) in [6.45, 7) is 4.31. The number of nitrogens with one attached hydrogen (secondary N) is 1. The van der Waals surface area contributed by atoms with Gasteiger partial charge in [-0.05, 0) is 50.2 Å². The maximum atomic E-state index is 5.82. The van der Waals surface area contributed by atoms with Crippen molar-refractivity contribution >= 4 is 23.0 Å². The third-order valence-corrected chi connectivity index (χ3v) is 4.37. The Bertz CT molecular complexity index is 451. The van der Waals surface area contributed by atoms with Crippen molar-refractivity contribution in [3.05, 3.63) is 23.4 Å². The van der Waals surface area contributed by atoms with Crippen LogP contribution in [0.5, 0.6) is 0 Å². The number of nitrogens with zero attached hydrogens (tertiary/aromatic N) is 1. The Morgan fingerprint density at radius 1 is 1.42 bits per heavy atom. The molecule has 1 aromatic heterocycles. The maximum Gasteiger partial charge on any atom is 0.136 e. The minimum Gasteiger partial charge on any atom is -0.389 e. The Morgan fingerprint density at radius 3 is 2.68 bits per heavy atom. The molecule has 104 valence electrons. The lowest BCUT2D eigenvalue weighted by molar-refractivity contribution is 0.330. The normalized spacial score (nSPS) is 23.1. The van der Waals surface area contributed by atoms with E-state index in [4.69, 9.17) is 18.0 Å². The molecule has 0 spiro atoms. The van der Waals surface area contributed by atoms with Crippen molar-refractivity contribution in [1.82, 2.24) is 4.98 Å². The number of aryl methyl sites for hydroxylation is 1. The van der Waals surface area contributed by atoms with Crippen LogP contribution in [-0.4, -0.2) is 16.0 Å². The molecule has 0 unspecified atom stereocenters. The van der Waals surface area contributed by atoms with Crippen LogP contribution in [-0.2, 0) is 0 Å². The van der Waals surface area contributed by atoms with Gasteiger partial charge in [-0.15, -0.1) is 0 Å². The van der Waals surface area contributed by atoms with Gasteiger partial charge in [-0.3, -0.25) is 0 Å². The van der Waals surface area contributed by atoms with Gasteiger partial charge >= 0.3 is 0 Å². The van der Waals surface area contributed by atoms with Gasteiger partial charge in [-0.1, -0.05) is 25.6 Å². The third kappa shape index (κ3) is 3.44. The third-order valence-electron chi connectivity index (χ3n) is 4.17. The number of rotatable bonds is 4. The van der Waals surface area contributed by atoms with E-state index in [-0.39, 0.29) is 0 Å². The summed E-state index contributed by atoms with van der Waals surface area (Å²) >= 11 is 5.14. The van der Waals surface area contributed by atoms with Crippen molar-refractivity contribution in [2.24, 2.45) is 11.7 Å². The van der Waals surface area contributed by atoms with Crippen molar-refractivity contribution in [1.29, 1.82) is 0 Å². The number of aromatic nitrogens is 1. The average molecular weight is 277 g/mol. The molecule has 19 heavy (non-hydrogen) atoms. The highest BCUT2D eigenvalue weighted by Gasteiger charge is 2.21. The summed E-state index contributed by atoms with van der Waals surface area (Å²) in [5, 5.41) is 3.54. The van der Waals surface area contributed by atoms with Crippen LogP contribution in [0.2, 0.25) is 0 Å². The van der Waals surface area contributed by atoms with Crippen molar-refractivity contribution in [3.63, 3.8) is 0 Å². The lowest BCUT2D eigenvalue weighted by Gasteiger charge is -2.29. The van der Waals surface area contributed by atoms with E-state index in [1.54, 1.807) is 0 Å². The zero-order valence-electron chi connectivity index (χ0n) is 11.8. The Morgan fingerprint density at radius 2 is 2.11 bits per heavy atom. The van der Waals surface area contributed by atoms with Crippen LogP contribution in [0.25, 0.3) is 0 Å². The van der Waals surface area contributed by atoms with E-state index >= 15 is 0 Å². The Kier molecular flexibility index (Phi) is 4.75. The molecule has 0 aliphatic heterocycles. The average Bonchev–Trinajstić information content (AvgIpc) is 2.39. The molecule has 0 amide bonds. The van der Waals surface area contributed by atoms with Crippen LogP contribution in [0.3, 0.4) is 0 Å². The number of thiocarbonyl (C=S) groups is 1. The fourth-order valence-corrected chi connectivity index (χ4v) is 3.14. The Hall–Kier alpha value is -1.16. The summed E-state index contributed by atoms with van der Waals surface area (Å²) in [5.74, 6) is 1.76. The summed E-state index contributed by atoms with van der Waals surface area (Å²) < 4.78 is 0. The van der Waals surface area contributed by atoms with Gasteiger partial charge in [0.25, 0.3) is 0 Å². The standard InChI is InChI=1S/C15H23N3S/c1-3-11-4-6-12(7-5-11)18-15-13(14(16)19)10(2)8-9-17-15/h8-9,11-12H,3-7H2,1-2H3,(H2,16,19)(H,17,18). The first kappa shape index (κ1) is 14.3. The highest BCUT2D eigenvalue weighted by molar-refractivity contribution is 7.80. The first-order chi connectivity index (χ1) is 9.11. The van der Waals surface area contributed by atoms with Crippen LogP contribution < -0.4 is 11.1 Å². The van der Waals surface area contributed by atoms with Gasteiger partial charge in [0.05, 0.1) is 5.56 Å². The van der Waals surface area contributed by atoms with E-state index in [0.29, 0.717) is 11.0 Å². The van der Waals surface area contributed by atoms with E-state index < -0.39 is 0 Å². The minimum absolute atomic E-state index is 0.426. The predicted octanol–water partition coefficient (Wildman–Crippen LogP) is 3.40. The molecule has 0 radical (unpaired) electrons. The lowest BCUT2D eigenvalue weighted by Crippen LogP contribution is -2.28. The molecule has 1 heterocycles. The molecule has 1 aromatic rings. The largest absolute Gasteiger partial charge is 0.389 e. The summed E-state index contributed by atoms with van der Waals surface area (Å²) in [6.07, 6.45) is 8.16. The van der Waals surface area contributed by atoms with Gasteiger partial charge in [0.15, 0.2) is 0 Å². The highest BCUT2D eigenvalue weighted by Crippen LogP contribution is 2.29. The number of pyridine rings is 1. The smallest absolute Gasteiger partial charge is 0.136 e. The van der Waals surface area contributed by atoms with Gasteiger partial charge < -0.3 is 11.1 Å². The van der Waals surface area contributed by atoms with Gasteiger partial charge in [0, 0.05) is 12.2 Å². The molecule has 0 atom stereocenters. The van der Waals surface area contributed by atoms with Crippen LogP contribution in [0.1, 0.15) is 50.2 Å². The van der Waals surface area contributed by atoms with Crippen LogP contribution in [0, 0.1) is 12.8 Å². The molecule has 3 N–H and O–H groups in total.